The molecule has 1 fully saturated rings. The van der Waals surface area contributed by atoms with Gasteiger partial charge in [0.25, 0.3) is 0 Å². The maximum Gasteiger partial charge on any atom is 0.0959 e. The maximum atomic E-state index is 6.06. The summed E-state index contributed by atoms with van der Waals surface area (Å²) in [6, 6.07) is 0.0682. The molecule has 1 heterocycles. The van der Waals surface area contributed by atoms with E-state index in [1.54, 1.807) is 0 Å². The van der Waals surface area contributed by atoms with Crippen LogP contribution in [0.5, 0.6) is 0 Å². The zero-order valence-corrected chi connectivity index (χ0v) is 11.2. The van der Waals surface area contributed by atoms with Crippen molar-refractivity contribution in [3.05, 3.63) is 0 Å². The van der Waals surface area contributed by atoms with Crippen molar-refractivity contribution in [1.29, 1.82) is 0 Å². The Labute approximate surface area is 102 Å². The topological polar surface area (TPSA) is 29.3 Å². The van der Waals surface area contributed by atoms with Gasteiger partial charge in [0.05, 0.1) is 16.9 Å². The molecule has 2 N–H and O–H groups in total. The molecule has 1 rings (SSSR count). The fraction of sp³-hybridized carbons (Fsp3) is 0.889. The highest BCUT2D eigenvalue weighted by atomic mass is 35.5. The average Bonchev–Trinajstić information content (AvgIpc) is 2.67. The molecule has 14 heavy (non-hydrogen) atoms. The van der Waals surface area contributed by atoms with Crippen LogP contribution in [0.15, 0.2) is 0 Å². The lowest BCUT2D eigenvalue weighted by Gasteiger charge is -2.26. The first-order chi connectivity index (χ1) is 6.16. The summed E-state index contributed by atoms with van der Waals surface area (Å²) >= 11 is 7.30. The normalized spacial score (nSPS) is 20.1. The van der Waals surface area contributed by atoms with Gasteiger partial charge < -0.3 is 10.6 Å². The minimum atomic E-state index is 0. The predicted octanol–water partition coefficient (Wildman–Crippen LogP) is 2.12. The summed E-state index contributed by atoms with van der Waals surface area (Å²) in [5.41, 5.74) is 6.06. The number of thiocarbonyl (C=S) groups is 1. The molecule has 0 aromatic heterocycles. The molecule has 0 amide bonds. The van der Waals surface area contributed by atoms with Gasteiger partial charge in [-0.1, -0.05) is 32.5 Å². The molecule has 0 aliphatic carbocycles. The van der Waals surface area contributed by atoms with Gasteiger partial charge in [-0.3, -0.25) is 0 Å². The van der Waals surface area contributed by atoms with Crippen molar-refractivity contribution in [2.45, 2.75) is 26.3 Å². The number of hydrogen-bond donors (Lipinski definition) is 1. The first-order valence-electron chi connectivity index (χ1n) is 4.79. The van der Waals surface area contributed by atoms with Crippen LogP contribution in [-0.2, 0) is 0 Å². The SMILES string of the molecule is CC[C@@H](C)[C@H](N)C(=S)N1CCSC1.Cl. The minimum Gasteiger partial charge on any atom is -0.355 e. The molecule has 0 bridgehead atoms. The standard InChI is InChI=1S/C9H18N2S2.ClH/c1-3-7(2)8(10)9(12)11-4-5-13-6-11;/h7-8H,3-6,10H2,1-2H3;1H/t7-,8+;/m1./s1. The maximum absolute atomic E-state index is 6.06. The minimum absolute atomic E-state index is 0. The van der Waals surface area contributed by atoms with Crippen molar-refractivity contribution in [3.8, 4) is 0 Å². The summed E-state index contributed by atoms with van der Waals surface area (Å²) < 4.78 is 0. The van der Waals surface area contributed by atoms with Crippen LogP contribution in [-0.4, -0.2) is 34.1 Å². The van der Waals surface area contributed by atoms with Gasteiger partial charge in [-0.2, -0.15) is 0 Å². The van der Waals surface area contributed by atoms with E-state index in [-0.39, 0.29) is 18.4 Å². The number of nitrogens with zero attached hydrogens (tertiary/aromatic N) is 1. The van der Waals surface area contributed by atoms with Crippen LogP contribution in [0.3, 0.4) is 0 Å². The third kappa shape index (κ3) is 3.57. The summed E-state index contributed by atoms with van der Waals surface area (Å²) in [6.45, 7) is 5.40. The van der Waals surface area contributed by atoms with Crippen LogP contribution in [0.1, 0.15) is 20.3 Å². The van der Waals surface area contributed by atoms with Crippen LogP contribution in [0, 0.1) is 5.92 Å². The van der Waals surface area contributed by atoms with Crippen molar-refractivity contribution in [2.75, 3.05) is 18.2 Å². The fourth-order valence-corrected chi connectivity index (χ4v) is 2.73. The van der Waals surface area contributed by atoms with Gasteiger partial charge in [0.2, 0.25) is 0 Å². The van der Waals surface area contributed by atoms with Crippen LogP contribution in [0.2, 0.25) is 0 Å². The largest absolute Gasteiger partial charge is 0.355 e. The second kappa shape index (κ2) is 6.88. The first-order valence-corrected chi connectivity index (χ1v) is 6.35. The summed E-state index contributed by atoms with van der Waals surface area (Å²) in [4.78, 5) is 3.19. The summed E-state index contributed by atoms with van der Waals surface area (Å²) in [5, 5.41) is 0. The predicted molar refractivity (Wildman–Crippen MR) is 71.3 cm³/mol. The molecule has 2 nitrogen and oxygen atoms in total. The van der Waals surface area contributed by atoms with Crippen molar-refractivity contribution in [2.24, 2.45) is 11.7 Å². The lowest BCUT2D eigenvalue weighted by molar-refractivity contribution is 0.463. The molecular weight excluding hydrogens is 236 g/mol. The fourth-order valence-electron chi connectivity index (χ4n) is 1.30. The van der Waals surface area contributed by atoms with Gasteiger partial charge in [0.15, 0.2) is 0 Å². The van der Waals surface area contributed by atoms with E-state index >= 15 is 0 Å². The van der Waals surface area contributed by atoms with Crippen molar-refractivity contribution in [3.63, 3.8) is 0 Å². The third-order valence-electron chi connectivity index (χ3n) is 2.61. The van der Waals surface area contributed by atoms with E-state index in [1.165, 1.54) is 5.75 Å². The van der Waals surface area contributed by atoms with E-state index in [2.05, 4.69) is 18.7 Å². The molecular formula is C9H19ClN2S2. The summed E-state index contributed by atoms with van der Waals surface area (Å²) in [5.74, 6) is 2.72. The Morgan fingerprint density at radius 1 is 1.64 bits per heavy atom. The van der Waals surface area contributed by atoms with Crippen LogP contribution < -0.4 is 5.73 Å². The van der Waals surface area contributed by atoms with Gasteiger partial charge in [-0.15, -0.1) is 24.2 Å². The average molecular weight is 255 g/mol. The quantitative estimate of drug-likeness (QED) is 0.782. The Hall–Kier alpha value is 0.490. The van der Waals surface area contributed by atoms with E-state index in [4.69, 9.17) is 18.0 Å². The van der Waals surface area contributed by atoms with Gasteiger partial charge in [0, 0.05) is 12.3 Å². The second-order valence-corrected chi connectivity index (χ2v) is 5.04. The van der Waals surface area contributed by atoms with Crippen molar-refractivity contribution >= 4 is 41.4 Å². The van der Waals surface area contributed by atoms with Gasteiger partial charge in [-0.25, -0.2) is 0 Å². The second-order valence-electron chi connectivity index (χ2n) is 3.55. The molecule has 0 radical (unpaired) electrons. The van der Waals surface area contributed by atoms with Gasteiger partial charge >= 0.3 is 0 Å². The van der Waals surface area contributed by atoms with Crippen molar-refractivity contribution in [1.82, 2.24) is 4.90 Å². The number of hydrogen-bond acceptors (Lipinski definition) is 3. The van der Waals surface area contributed by atoms with E-state index < -0.39 is 0 Å². The molecule has 5 heteroatoms. The number of nitrogens with two attached hydrogens (primary N) is 1. The molecule has 84 valence electrons. The molecule has 1 saturated heterocycles. The number of rotatable bonds is 3. The first kappa shape index (κ1) is 14.5. The Morgan fingerprint density at radius 2 is 2.29 bits per heavy atom. The molecule has 1 aliphatic rings. The number of halogens is 1. The van der Waals surface area contributed by atoms with Crippen LogP contribution >= 0.6 is 36.4 Å². The van der Waals surface area contributed by atoms with E-state index in [9.17, 15) is 0 Å². The monoisotopic (exact) mass is 254 g/mol. The molecule has 0 spiro atoms. The molecule has 0 saturated carbocycles. The highest BCUT2D eigenvalue weighted by Gasteiger charge is 2.23. The molecule has 1 aliphatic heterocycles. The van der Waals surface area contributed by atoms with E-state index in [0.29, 0.717) is 5.92 Å². The summed E-state index contributed by atoms with van der Waals surface area (Å²) in [6.07, 6.45) is 1.10. The Morgan fingerprint density at radius 3 is 2.71 bits per heavy atom. The molecule has 2 atom stereocenters. The number of thioether (sulfide) groups is 1. The van der Waals surface area contributed by atoms with Crippen LogP contribution in [0.4, 0.5) is 0 Å². The van der Waals surface area contributed by atoms with E-state index in [1.807, 2.05) is 11.8 Å². The Bertz CT molecular complexity index is 184. The Balaban J connectivity index is 0.00000169. The van der Waals surface area contributed by atoms with E-state index in [0.717, 1.165) is 23.8 Å². The molecule has 0 unspecified atom stereocenters. The zero-order valence-electron chi connectivity index (χ0n) is 8.73. The highest BCUT2D eigenvalue weighted by Crippen LogP contribution is 2.17. The Kier molecular flexibility index (Phi) is 7.12. The summed E-state index contributed by atoms with van der Waals surface area (Å²) in [7, 11) is 0. The lowest BCUT2D eigenvalue weighted by Crippen LogP contribution is -2.44. The zero-order chi connectivity index (χ0) is 9.84. The smallest absolute Gasteiger partial charge is 0.0959 e. The van der Waals surface area contributed by atoms with Crippen LogP contribution in [0.25, 0.3) is 0 Å². The van der Waals surface area contributed by atoms with Gasteiger partial charge in [-0.05, 0) is 5.92 Å². The highest BCUT2D eigenvalue weighted by molar-refractivity contribution is 7.99. The molecule has 0 aromatic carbocycles. The van der Waals surface area contributed by atoms with Gasteiger partial charge in [0.1, 0.15) is 0 Å². The third-order valence-corrected chi connectivity index (χ3v) is 4.10. The van der Waals surface area contributed by atoms with Crippen molar-refractivity contribution < 1.29 is 0 Å². The lowest BCUT2D eigenvalue weighted by atomic mass is 10.00. The molecule has 0 aromatic rings.